The fraction of sp³-hybridized carbons (Fsp3) is 0.300. The lowest BCUT2D eigenvalue weighted by atomic mass is 9.94. The zero-order chi connectivity index (χ0) is 19.3. The first-order valence-corrected chi connectivity index (χ1v) is 9.26. The number of methoxy groups -OCH3 is 1. The smallest absolute Gasteiger partial charge is 0.255 e. The number of H-pyrrole nitrogens is 1. The molecule has 0 radical (unpaired) electrons. The number of amides is 1. The molecule has 1 aromatic carbocycles. The van der Waals surface area contributed by atoms with Gasteiger partial charge in [0.2, 0.25) is 11.8 Å². The number of carbonyl (C=O) groups excluding carboxylic acids is 1. The molecule has 1 amide bonds. The summed E-state index contributed by atoms with van der Waals surface area (Å²) in [6, 6.07) is 10.9. The van der Waals surface area contributed by atoms with Gasteiger partial charge in [0.1, 0.15) is 0 Å². The largest absolute Gasteiger partial charge is 0.481 e. The van der Waals surface area contributed by atoms with E-state index >= 15 is 0 Å². The molecule has 2 aromatic heterocycles. The number of anilines is 2. The molecule has 1 aliphatic heterocycles. The van der Waals surface area contributed by atoms with Crippen LogP contribution >= 0.6 is 0 Å². The standard InChI is InChI=1S/C20H22N6O2/c1-28-17-9-10-21-20(24-17)26-11-5-8-15(13-26)18-16(12-22-25-18)23-19(27)14-6-3-2-4-7-14/h2-4,6-7,9-10,12,15H,5,8,11,13H2,1H3,(H,22,25)(H,23,27). The van der Waals surface area contributed by atoms with Crippen molar-refractivity contribution in [2.45, 2.75) is 18.8 Å². The Bertz CT molecular complexity index is 943. The second-order valence-corrected chi connectivity index (χ2v) is 6.70. The second kappa shape index (κ2) is 8.08. The van der Waals surface area contributed by atoms with Crippen molar-refractivity contribution >= 4 is 17.5 Å². The Morgan fingerprint density at radius 1 is 1.29 bits per heavy atom. The van der Waals surface area contributed by atoms with Crippen molar-refractivity contribution in [2.75, 3.05) is 30.4 Å². The number of hydrogen-bond acceptors (Lipinski definition) is 6. The summed E-state index contributed by atoms with van der Waals surface area (Å²) in [6.45, 7) is 1.62. The van der Waals surface area contributed by atoms with Crippen LogP contribution in [0.25, 0.3) is 0 Å². The Morgan fingerprint density at radius 2 is 2.14 bits per heavy atom. The third kappa shape index (κ3) is 3.80. The number of nitrogens with one attached hydrogen (secondary N) is 2. The van der Waals surface area contributed by atoms with E-state index < -0.39 is 0 Å². The van der Waals surface area contributed by atoms with Gasteiger partial charge in [-0.1, -0.05) is 18.2 Å². The summed E-state index contributed by atoms with van der Waals surface area (Å²) in [6.07, 6.45) is 5.36. The summed E-state index contributed by atoms with van der Waals surface area (Å²) in [5.41, 5.74) is 2.26. The number of benzene rings is 1. The predicted molar refractivity (Wildman–Crippen MR) is 106 cm³/mol. The number of ether oxygens (including phenoxy) is 1. The maximum Gasteiger partial charge on any atom is 0.255 e. The molecular weight excluding hydrogens is 356 g/mol. The van der Waals surface area contributed by atoms with Crippen LogP contribution in [0.1, 0.15) is 34.8 Å². The summed E-state index contributed by atoms with van der Waals surface area (Å²) in [5, 5.41) is 10.2. The minimum atomic E-state index is -0.146. The normalized spacial score (nSPS) is 16.6. The number of aromatic amines is 1. The van der Waals surface area contributed by atoms with Crippen LogP contribution in [0.3, 0.4) is 0 Å². The molecule has 4 rings (SSSR count). The van der Waals surface area contributed by atoms with Gasteiger partial charge in [0.25, 0.3) is 5.91 Å². The number of carbonyl (C=O) groups is 1. The molecule has 28 heavy (non-hydrogen) atoms. The van der Waals surface area contributed by atoms with E-state index in [4.69, 9.17) is 4.74 Å². The van der Waals surface area contributed by atoms with Gasteiger partial charge in [-0.15, -0.1) is 0 Å². The molecule has 1 aliphatic rings. The molecular formula is C20H22N6O2. The highest BCUT2D eigenvalue weighted by molar-refractivity contribution is 6.04. The van der Waals surface area contributed by atoms with Gasteiger partial charge in [-0.25, -0.2) is 4.98 Å². The van der Waals surface area contributed by atoms with E-state index in [1.165, 1.54) is 0 Å². The van der Waals surface area contributed by atoms with Crippen LogP contribution < -0.4 is 15.0 Å². The van der Waals surface area contributed by atoms with Crippen molar-refractivity contribution in [3.05, 3.63) is 60.0 Å². The molecule has 0 aliphatic carbocycles. The first-order valence-electron chi connectivity index (χ1n) is 9.26. The molecule has 1 fully saturated rings. The number of nitrogens with zero attached hydrogens (tertiary/aromatic N) is 4. The van der Waals surface area contributed by atoms with Gasteiger partial charge >= 0.3 is 0 Å². The van der Waals surface area contributed by atoms with Gasteiger partial charge in [-0.05, 0) is 25.0 Å². The zero-order valence-electron chi connectivity index (χ0n) is 15.6. The predicted octanol–water partition coefficient (Wildman–Crippen LogP) is 2.84. The number of piperidine rings is 1. The number of rotatable bonds is 5. The van der Waals surface area contributed by atoms with Crippen molar-refractivity contribution in [3.8, 4) is 5.88 Å². The van der Waals surface area contributed by atoms with Crippen LogP contribution in [0.5, 0.6) is 5.88 Å². The molecule has 0 spiro atoms. The fourth-order valence-corrected chi connectivity index (χ4v) is 3.48. The summed E-state index contributed by atoms with van der Waals surface area (Å²) >= 11 is 0. The van der Waals surface area contributed by atoms with Crippen molar-refractivity contribution in [1.82, 2.24) is 20.2 Å². The van der Waals surface area contributed by atoms with Gasteiger partial charge in [-0.2, -0.15) is 10.1 Å². The van der Waals surface area contributed by atoms with E-state index in [0.29, 0.717) is 23.1 Å². The highest BCUT2D eigenvalue weighted by atomic mass is 16.5. The monoisotopic (exact) mass is 378 g/mol. The summed E-state index contributed by atoms with van der Waals surface area (Å²) in [5.74, 6) is 1.24. The van der Waals surface area contributed by atoms with Crippen molar-refractivity contribution in [2.24, 2.45) is 0 Å². The molecule has 8 heteroatoms. The summed E-state index contributed by atoms with van der Waals surface area (Å²) in [4.78, 5) is 23.5. The first-order chi connectivity index (χ1) is 13.7. The number of aromatic nitrogens is 4. The van der Waals surface area contributed by atoms with Crippen molar-refractivity contribution < 1.29 is 9.53 Å². The topological polar surface area (TPSA) is 96.0 Å². The maximum atomic E-state index is 12.5. The van der Waals surface area contributed by atoms with Crippen molar-refractivity contribution in [1.29, 1.82) is 0 Å². The summed E-state index contributed by atoms with van der Waals surface area (Å²) in [7, 11) is 1.59. The molecule has 2 N–H and O–H groups in total. The van der Waals surface area contributed by atoms with Crippen LogP contribution in [0.2, 0.25) is 0 Å². The molecule has 144 valence electrons. The van der Waals surface area contributed by atoms with Crippen molar-refractivity contribution in [3.63, 3.8) is 0 Å². The molecule has 3 aromatic rings. The Balaban J connectivity index is 1.50. The van der Waals surface area contributed by atoms with E-state index in [2.05, 4.69) is 30.4 Å². The molecule has 8 nitrogen and oxygen atoms in total. The molecule has 1 atom stereocenters. The van der Waals surface area contributed by atoms with Gasteiger partial charge in [-0.3, -0.25) is 9.89 Å². The Kier molecular flexibility index (Phi) is 5.18. The first kappa shape index (κ1) is 18.0. The Hall–Kier alpha value is -3.42. The Labute approximate surface area is 163 Å². The highest BCUT2D eigenvalue weighted by Gasteiger charge is 2.27. The second-order valence-electron chi connectivity index (χ2n) is 6.70. The van der Waals surface area contributed by atoms with E-state index in [1.54, 1.807) is 37.7 Å². The zero-order valence-corrected chi connectivity index (χ0v) is 15.6. The molecule has 0 saturated carbocycles. The average Bonchev–Trinajstić information content (AvgIpc) is 3.22. The lowest BCUT2D eigenvalue weighted by Crippen LogP contribution is -2.36. The van der Waals surface area contributed by atoms with Gasteiger partial charge < -0.3 is 15.0 Å². The van der Waals surface area contributed by atoms with Crippen LogP contribution in [0, 0.1) is 0 Å². The van der Waals surface area contributed by atoms with Crippen LogP contribution in [0.15, 0.2) is 48.8 Å². The minimum Gasteiger partial charge on any atom is -0.481 e. The Morgan fingerprint density at radius 3 is 2.96 bits per heavy atom. The van der Waals surface area contributed by atoms with Gasteiger partial charge in [0, 0.05) is 36.8 Å². The van der Waals surface area contributed by atoms with Gasteiger partial charge in [0.15, 0.2) is 0 Å². The lowest BCUT2D eigenvalue weighted by Gasteiger charge is -2.32. The molecule has 3 heterocycles. The van der Waals surface area contributed by atoms with Crippen LogP contribution in [-0.4, -0.2) is 46.3 Å². The number of hydrogen-bond donors (Lipinski definition) is 2. The van der Waals surface area contributed by atoms with Crippen LogP contribution in [-0.2, 0) is 0 Å². The third-order valence-electron chi connectivity index (χ3n) is 4.89. The maximum absolute atomic E-state index is 12.5. The molecule has 0 bridgehead atoms. The van der Waals surface area contributed by atoms with Crippen LogP contribution in [0.4, 0.5) is 11.6 Å². The molecule has 1 saturated heterocycles. The highest BCUT2D eigenvalue weighted by Crippen LogP contribution is 2.32. The average molecular weight is 378 g/mol. The van der Waals surface area contributed by atoms with E-state index in [-0.39, 0.29) is 11.8 Å². The fourth-order valence-electron chi connectivity index (χ4n) is 3.48. The lowest BCUT2D eigenvalue weighted by molar-refractivity contribution is 0.102. The third-order valence-corrected chi connectivity index (χ3v) is 4.89. The van der Waals surface area contributed by atoms with Gasteiger partial charge in [0.05, 0.1) is 24.7 Å². The van der Waals surface area contributed by atoms with E-state index in [9.17, 15) is 4.79 Å². The van der Waals surface area contributed by atoms with E-state index in [1.807, 2.05) is 18.2 Å². The van der Waals surface area contributed by atoms with E-state index in [0.717, 1.165) is 31.6 Å². The summed E-state index contributed by atoms with van der Waals surface area (Å²) < 4.78 is 5.21. The molecule has 1 unspecified atom stereocenters. The SMILES string of the molecule is COc1ccnc(N2CCCC(c3[nH]ncc3NC(=O)c3ccccc3)C2)n1. The quantitative estimate of drug-likeness (QED) is 0.709. The minimum absolute atomic E-state index is 0.146.